The highest BCUT2D eigenvalue weighted by molar-refractivity contribution is 7.98. The fourth-order valence-electron chi connectivity index (χ4n) is 2.81. The van der Waals surface area contributed by atoms with Crippen molar-refractivity contribution in [2.45, 2.75) is 18.7 Å². The summed E-state index contributed by atoms with van der Waals surface area (Å²) in [6, 6.07) is 16.9. The van der Waals surface area contributed by atoms with Gasteiger partial charge in [-0.1, -0.05) is 53.8 Å². The second kappa shape index (κ2) is 9.54. The second-order valence-corrected chi connectivity index (χ2v) is 10.5. The van der Waals surface area contributed by atoms with E-state index in [4.69, 9.17) is 0 Å². The van der Waals surface area contributed by atoms with E-state index in [-0.39, 0.29) is 17.9 Å². The molecule has 0 aliphatic heterocycles. The molecular weight excluding hydrogens is 412 g/mol. The molecule has 0 unspecified atom stereocenters. The van der Waals surface area contributed by atoms with Crippen molar-refractivity contribution >= 4 is 49.1 Å². The summed E-state index contributed by atoms with van der Waals surface area (Å²) in [7, 11) is -3.36. The molecule has 3 rings (SSSR count). The zero-order valence-electron chi connectivity index (χ0n) is 15.6. The van der Waals surface area contributed by atoms with Crippen molar-refractivity contribution in [2.24, 2.45) is 4.99 Å². The van der Waals surface area contributed by atoms with Gasteiger partial charge in [0, 0.05) is 18.7 Å². The van der Waals surface area contributed by atoms with Crippen LogP contribution in [-0.4, -0.2) is 36.7 Å². The predicted octanol–water partition coefficient (Wildman–Crippen LogP) is 3.50. The third kappa shape index (κ3) is 5.56. The van der Waals surface area contributed by atoms with Gasteiger partial charge < -0.3 is 4.57 Å². The normalized spacial score (nSPS) is 12.5. The molecule has 0 saturated heterocycles. The summed E-state index contributed by atoms with van der Waals surface area (Å²) in [6.07, 6.45) is 1.93. The molecular formula is C20H22N2O3S3. The summed E-state index contributed by atoms with van der Waals surface area (Å²) in [5, 5.41) is 0. The predicted molar refractivity (Wildman–Crippen MR) is 117 cm³/mol. The van der Waals surface area contributed by atoms with E-state index in [1.807, 2.05) is 41.2 Å². The van der Waals surface area contributed by atoms with Gasteiger partial charge in [-0.15, -0.1) is 0 Å². The van der Waals surface area contributed by atoms with Crippen LogP contribution in [0.1, 0.15) is 12.0 Å². The minimum absolute atomic E-state index is 0.0578. The molecule has 1 amide bonds. The lowest BCUT2D eigenvalue weighted by Crippen LogP contribution is -2.19. The van der Waals surface area contributed by atoms with E-state index in [1.54, 1.807) is 36.0 Å². The summed E-state index contributed by atoms with van der Waals surface area (Å²) < 4.78 is 27.7. The average Bonchev–Trinajstić information content (AvgIpc) is 3.02. The number of hydrogen-bond acceptors (Lipinski definition) is 5. The lowest BCUT2D eigenvalue weighted by atomic mass is 10.2. The molecule has 0 bridgehead atoms. The SMILES string of the molecule is CSCCn1c(=NC(=O)CCS(=O)(=O)Cc2ccccc2)sc2ccccc21. The fourth-order valence-corrected chi connectivity index (χ4v) is 5.58. The number of fused-ring (bicyclic) bond motifs is 1. The number of amides is 1. The minimum Gasteiger partial charge on any atom is -0.316 e. The van der Waals surface area contributed by atoms with Crippen LogP contribution in [0.2, 0.25) is 0 Å². The number of sulfone groups is 1. The molecule has 2 aromatic carbocycles. The maximum Gasteiger partial charge on any atom is 0.249 e. The topological polar surface area (TPSA) is 68.5 Å². The molecule has 0 fully saturated rings. The summed E-state index contributed by atoms with van der Waals surface area (Å²) in [5.41, 5.74) is 1.77. The fraction of sp³-hybridized carbons (Fsp3) is 0.300. The number of para-hydroxylation sites is 1. The van der Waals surface area contributed by atoms with Crippen LogP contribution in [0.4, 0.5) is 0 Å². The molecule has 0 spiro atoms. The van der Waals surface area contributed by atoms with E-state index < -0.39 is 15.7 Å². The van der Waals surface area contributed by atoms with E-state index in [1.165, 1.54) is 11.3 Å². The molecule has 3 aromatic rings. The van der Waals surface area contributed by atoms with Crippen molar-refractivity contribution in [1.29, 1.82) is 0 Å². The number of aromatic nitrogens is 1. The first-order chi connectivity index (χ1) is 13.5. The van der Waals surface area contributed by atoms with E-state index in [0.29, 0.717) is 4.80 Å². The highest BCUT2D eigenvalue weighted by Gasteiger charge is 2.15. The van der Waals surface area contributed by atoms with Gasteiger partial charge >= 0.3 is 0 Å². The Morgan fingerprint density at radius 2 is 1.82 bits per heavy atom. The van der Waals surface area contributed by atoms with Crippen LogP contribution in [0.5, 0.6) is 0 Å². The highest BCUT2D eigenvalue weighted by Crippen LogP contribution is 2.17. The molecule has 8 heteroatoms. The van der Waals surface area contributed by atoms with Crippen LogP contribution in [0.15, 0.2) is 59.6 Å². The van der Waals surface area contributed by atoms with Crippen molar-refractivity contribution in [3.05, 3.63) is 65.0 Å². The Morgan fingerprint density at radius 3 is 2.57 bits per heavy atom. The van der Waals surface area contributed by atoms with E-state index >= 15 is 0 Å². The number of thioether (sulfide) groups is 1. The average molecular weight is 435 g/mol. The zero-order chi connectivity index (χ0) is 20.0. The zero-order valence-corrected chi connectivity index (χ0v) is 18.0. The van der Waals surface area contributed by atoms with Crippen LogP contribution in [-0.2, 0) is 26.9 Å². The van der Waals surface area contributed by atoms with Crippen molar-refractivity contribution in [1.82, 2.24) is 4.57 Å². The Morgan fingerprint density at radius 1 is 1.11 bits per heavy atom. The van der Waals surface area contributed by atoms with Gasteiger partial charge in [-0.05, 0) is 24.0 Å². The first-order valence-electron chi connectivity index (χ1n) is 8.88. The minimum atomic E-state index is -3.36. The van der Waals surface area contributed by atoms with Crippen molar-refractivity contribution in [3.8, 4) is 0 Å². The molecule has 0 radical (unpaired) electrons. The van der Waals surface area contributed by atoms with Crippen LogP contribution in [0.3, 0.4) is 0 Å². The Bertz CT molecular complexity index is 1120. The highest BCUT2D eigenvalue weighted by atomic mass is 32.2. The lowest BCUT2D eigenvalue weighted by Gasteiger charge is -2.04. The molecule has 0 saturated carbocycles. The quantitative estimate of drug-likeness (QED) is 0.544. The molecule has 0 atom stereocenters. The van der Waals surface area contributed by atoms with Crippen molar-refractivity contribution < 1.29 is 13.2 Å². The third-order valence-corrected chi connectivity index (χ3v) is 7.43. The van der Waals surface area contributed by atoms with Gasteiger partial charge in [-0.3, -0.25) is 4.79 Å². The smallest absolute Gasteiger partial charge is 0.249 e. The molecule has 148 valence electrons. The number of carbonyl (C=O) groups is 1. The molecule has 0 N–H and O–H groups in total. The third-order valence-electron chi connectivity index (χ3n) is 4.18. The summed E-state index contributed by atoms with van der Waals surface area (Å²) in [5.74, 6) is 0.256. The lowest BCUT2D eigenvalue weighted by molar-refractivity contribution is -0.117. The Hall–Kier alpha value is -1.90. The van der Waals surface area contributed by atoms with Crippen molar-refractivity contribution in [3.63, 3.8) is 0 Å². The van der Waals surface area contributed by atoms with Crippen molar-refractivity contribution in [2.75, 3.05) is 17.8 Å². The monoisotopic (exact) mass is 434 g/mol. The van der Waals surface area contributed by atoms with Crippen LogP contribution in [0, 0.1) is 0 Å². The van der Waals surface area contributed by atoms with Gasteiger partial charge in [0.15, 0.2) is 14.6 Å². The Balaban J connectivity index is 1.75. The van der Waals surface area contributed by atoms with Gasteiger partial charge in [0.05, 0.1) is 21.7 Å². The maximum absolute atomic E-state index is 12.4. The number of carbonyl (C=O) groups excluding carboxylic acids is 1. The maximum atomic E-state index is 12.4. The number of hydrogen-bond donors (Lipinski definition) is 0. The summed E-state index contributed by atoms with van der Waals surface area (Å²) >= 11 is 3.18. The molecule has 1 aromatic heterocycles. The molecule has 0 aliphatic rings. The van der Waals surface area contributed by atoms with Gasteiger partial charge in [0.25, 0.3) is 0 Å². The van der Waals surface area contributed by atoms with E-state index in [9.17, 15) is 13.2 Å². The molecule has 28 heavy (non-hydrogen) atoms. The van der Waals surface area contributed by atoms with Gasteiger partial charge in [0.2, 0.25) is 5.91 Å². The first-order valence-corrected chi connectivity index (χ1v) is 12.9. The first kappa shape index (κ1) is 20.8. The molecule has 1 heterocycles. The largest absolute Gasteiger partial charge is 0.316 e. The number of benzene rings is 2. The second-order valence-electron chi connectivity index (χ2n) is 6.33. The number of nitrogens with zero attached hydrogens (tertiary/aromatic N) is 2. The number of thiazole rings is 1. The van der Waals surface area contributed by atoms with Gasteiger partial charge in [-0.2, -0.15) is 16.8 Å². The van der Waals surface area contributed by atoms with Gasteiger partial charge in [-0.25, -0.2) is 8.42 Å². The number of aryl methyl sites for hydroxylation is 1. The van der Waals surface area contributed by atoms with E-state index in [0.717, 1.165) is 28.1 Å². The van der Waals surface area contributed by atoms with Gasteiger partial charge in [0.1, 0.15) is 0 Å². The Kier molecular flexibility index (Phi) is 7.09. The van der Waals surface area contributed by atoms with Crippen LogP contribution < -0.4 is 4.80 Å². The van der Waals surface area contributed by atoms with E-state index in [2.05, 4.69) is 4.99 Å². The molecule has 0 aliphatic carbocycles. The Labute approximate surface area is 173 Å². The standard InChI is InChI=1S/C20H22N2O3S3/c1-26-13-12-22-17-9-5-6-10-18(17)27-20(22)21-19(23)11-14-28(24,25)15-16-7-3-2-4-8-16/h2-10H,11-15H2,1H3. The number of rotatable bonds is 8. The van der Waals surface area contributed by atoms with Crippen LogP contribution >= 0.6 is 23.1 Å². The summed E-state index contributed by atoms with van der Waals surface area (Å²) in [4.78, 5) is 17.2. The molecule has 5 nitrogen and oxygen atoms in total. The van der Waals surface area contributed by atoms with Crippen LogP contribution in [0.25, 0.3) is 10.2 Å². The summed E-state index contributed by atoms with van der Waals surface area (Å²) in [6.45, 7) is 0.754.